The van der Waals surface area contributed by atoms with Gasteiger partial charge in [-0.2, -0.15) is 0 Å². The van der Waals surface area contributed by atoms with E-state index in [0.717, 1.165) is 75.7 Å². The predicted molar refractivity (Wildman–Crippen MR) is 106 cm³/mol. The molecule has 0 saturated heterocycles. The Morgan fingerprint density at radius 2 is 1.62 bits per heavy atom. The third kappa shape index (κ3) is 6.59. The van der Waals surface area contributed by atoms with Crippen molar-refractivity contribution in [1.82, 2.24) is 0 Å². The summed E-state index contributed by atoms with van der Waals surface area (Å²) in [5, 5.41) is 0. The SMILES string of the molecule is CCCCOc1ccc(C(=O)CC2CCC(C(=O)CCCC)CC2)cc1. The second-order valence-electron chi connectivity index (χ2n) is 7.64. The van der Waals surface area contributed by atoms with Crippen molar-refractivity contribution in [3.63, 3.8) is 0 Å². The van der Waals surface area contributed by atoms with Gasteiger partial charge in [0.1, 0.15) is 11.5 Å². The van der Waals surface area contributed by atoms with Gasteiger partial charge in [-0.15, -0.1) is 0 Å². The summed E-state index contributed by atoms with van der Waals surface area (Å²) in [5.74, 6) is 2.16. The molecular formula is C23H34O3. The van der Waals surface area contributed by atoms with E-state index in [9.17, 15) is 9.59 Å². The van der Waals surface area contributed by atoms with Crippen LogP contribution in [-0.2, 0) is 4.79 Å². The van der Waals surface area contributed by atoms with Crippen molar-refractivity contribution in [1.29, 1.82) is 0 Å². The minimum atomic E-state index is 0.214. The first-order chi connectivity index (χ1) is 12.6. The first-order valence-electron chi connectivity index (χ1n) is 10.4. The van der Waals surface area contributed by atoms with E-state index in [1.807, 2.05) is 24.3 Å². The fraction of sp³-hybridized carbons (Fsp3) is 0.652. The molecule has 1 aromatic rings. The Bertz CT molecular complexity index is 553. The molecule has 0 bridgehead atoms. The molecule has 0 heterocycles. The van der Waals surface area contributed by atoms with Crippen molar-refractivity contribution >= 4 is 11.6 Å². The number of rotatable bonds is 11. The lowest BCUT2D eigenvalue weighted by atomic mass is 9.77. The molecule has 26 heavy (non-hydrogen) atoms. The molecule has 1 aliphatic rings. The predicted octanol–water partition coefficient (Wildman–Crippen LogP) is 6.00. The summed E-state index contributed by atoms with van der Waals surface area (Å²) in [6, 6.07) is 7.55. The third-order valence-electron chi connectivity index (χ3n) is 5.50. The van der Waals surface area contributed by atoms with Gasteiger partial charge < -0.3 is 4.74 Å². The number of Topliss-reactive ketones (excluding diaryl/α,β-unsaturated/α-hetero) is 2. The summed E-state index contributed by atoms with van der Waals surface area (Å²) in [7, 11) is 0. The molecule has 144 valence electrons. The monoisotopic (exact) mass is 358 g/mol. The number of carbonyl (C=O) groups excluding carboxylic acids is 2. The lowest BCUT2D eigenvalue weighted by molar-refractivity contribution is -0.124. The maximum atomic E-state index is 12.5. The molecule has 3 nitrogen and oxygen atoms in total. The molecule has 1 saturated carbocycles. The highest BCUT2D eigenvalue weighted by Crippen LogP contribution is 2.33. The molecule has 1 aromatic carbocycles. The Morgan fingerprint density at radius 3 is 2.23 bits per heavy atom. The van der Waals surface area contributed by atoms with Crippen LogP contribution >= 0.6 is 0 Å². The highest BCUT2D eigenvalue weighted by atomic mass is 16.5. The topological polar surface area (TPSA) is 43.4 Å². The first-order valence-corrected chi connectivity index (χ1v) is 10.4. The zero-order valence-corrected chi connectivity index (χ0v) is 16.5. The van der Waals surface area contributed by atoms with Crippen LogP contribution in [0.25, 0.3) is 0 Å². The Hall–Kier alpha value is -1.64. The largest absolute Gasteiger partial charge is 0.494 e. The summed E-state index contributed by atoms with van der Waals surface area (Å²) in [5.41, 5.74) is 0.772. The Morgan fingerprint density at radius 1 is 0.962 bits per heavy atom. The third-order valence-corrected chi connectivity index (χ3v) is 5.50. The minimum absolute atomic E-state index is 0.214. The van der Waals surface area contributed by atoms with Crippen molar-refractivity contribution in [2.24, 2.45) is 11.8 Å². The summed E-state index contributed by atoms with van der Waals surface area (Å²) in [6.45, 7) is 4.99. The molecule has 0 aliphatic heterocycles. The zero-order chi connectivity index (χ0) is 18.8. The van der Waals surface area contributed by atoms with Crippen LogP contribution in [0.15, 0.2) is 24.3 Å². The van der Waals surface area contributed by atoms with E-state index < -0.39 is 0 Å². The second kappa shape index (κ2) is 11.2. The van der Waals surface area contributed by atoms with Crippen LogP contribution in [0.4, 0.5) is 0 Å². The van der Waals surface area contributed by atoms with E-state index in [1.54, 1.807) is 0 Å². The second-order valence-corrected chi connectivity index (χ2v) is 7.64. The number of benzene rings is 1. The molecule has 1 aliphatic carbocycles. The van der Waals surface area contributed by atoms with E-state index in [0.29, 0.717) is 18.1 Å². The summed E-state index contributed by atoms with van der Waals surface area (Å²) < 4.78 is 5.65. The van der Waals surface area contributed by atoms with Crippen LogP contribution in [-0.4, -0.2) is 18.2 Å². The maximum Gasteiger partial charge on any atom is 0.163 e. The van der Waals surface area contributed by atoms with Gasteiger partial charge >= 0.3 is 0 Å². The highest BCUT2D eigenvalue weighted by molar-refractivity contribution is 5.96. The van der Waals surface area contributed by atoms with Gasteiger partial charge in [0.15, 0.2) is 5.78 Å². The van der Waals surface area contributed by atoms with Crippen molar-refractivity contribution in [3.05, 3.63) is 29.8 Å². The van der Waals surface area contributed by atoms with Crippen LogP contribution in [0, 0.1) is 11.8 Å². The molecule has 0 aromatic heterocycles. The Balaban J connectivity index is 1.75. The van der Waals surface area contributed by atoms with Gasteiger partial charge in [-0.3, -0.25) is 9.59 Å². The van der Waals surface area contributed by atoms with Gasteiger partial charge in [0.25, 0.3) is 0 Å². The molecule has 0 atom stereocenters. The number of carbonyl (C=O) groups is 2. The van der Waals surface area contributed by atoms with Gasteiger partial charge in [0.2, 0.25) is 0 Å². The fourth-order valence-corrected chi connectivity index (χ4v) is 3.70. The average molecular weight is 359 g/mol. The van der Waals surface area contributed by atoms with E-state index in [2.05, 4.69) is 13.8 Å². The highest BCUT2D eigenvalue weighted by Gasteiger charge is 2.27. The molecule has 0 amide bonds. The molecule has 2 rings (SSSR count). The molecule has 3 heteroatoms. The van der Waals surface area contributed by atoms with Crippen LogP contribution < -0.4 is 4.74 Å². The standard InChI is InChI=1S/C23H34O3/c1-3-5-7-22(24)19-10-8-18(9-11-19)17-23(25)20-12-14-21(15-13-20)26-16-6-4-2/h12-15,18-19H,3-11,16-17H2,1-2H3. The van der Waals surface area contributed by atoms with Crippen molar-refractivity contribution < 1.29 is 14.3 Å². The van der Waals surface area contributed by atoms with Crippen LogP contribution in [0.1, 0.15) is 88.4 Å². The number of ether oxygens (including phenoxy) is 1. The molecule has 0 spiro atoms. The van der Waals surface area contributed by atoms with E-state index >= 15 is 0 Å². The molecule has 1 fully saturated rings. The van der Waals surface area contributed by atoms with Crippen molar-refractivity contribution in [3.8, 4) is 5.75 Å². The van der Waals surface area contributed by atoms with E-state index in [4.69, 9.17) is 4.74 Å². The summed E-state index contributed by atoms with van der Waals surface area (Å²) in [6.07, 6.45) is 9.53. The molecule has 0 radical (unpaired) electrons. The number of unbranched alkanes of at least 4 members (excludes halogenated alkanes) is 2. The normalized spacial score (nSPS) is 19.9. The number of ketones is 2. The summed E-state index contributed by atoms with van der Waals surface area (Å²) >= 11 is 0. The van der Waals surface area contributed by atoms with Gasteiger partial charge in [-0.1, -0.05) is 26.7 Å². The first kappa shape index (κ1) is 20.7. The van der Waals surface area contributed by atoms with Crippen molar-refractivity contribution in [2.45, 2.75) is 78.1 Å². The fourth-order valence-electron chi connectivity index (χ4n) is 3.70. The molecule has 0 N–H and O–H groups in total. The summed E-state index contributed by atoms with van der Waals surface area (Å²) in [4.78, 5) is 24.7. The quantitative estimate of drug-likeness (QED) is 0.360. The zero-order valence-electron chi connectivity index (χ0n) is 16.5. The van der Waals surface area contributed by atoms with Crippen LogP contribution in [0.5, 0.6) is 5.75 Å². The van der Waals surface area contributed by atoms with E-state index in [1.165, 1.54) is 0 Å². The number of hydrogen-bond donors (Lipinski definition) is 0. The number of hydrogen-bond acceptors (Lipinski definition) is 3. The Labute approximate surface area is 158 Å². The lowest BCUT2D eigenvalue weighted by Gasteiger charge is -2.27. The Kier molecular flexibility index (Phi) is 8.87. The minimum Gasteiger partial charge on any atom is -0.494 e. The smallest absolute Gasteiger partial charge is 0.163 e. The van der Waals surface area contributed by atoms with Crippen molar-refractivity contribution in [2.75, 3.05) is 6.61 Å². The lowest BCUT2D eigenvalue weighted by Crippen LogP contribution is -2.23. The molecule has 0 unspecified atom stereocenters. The molecular weight excluding hydrogens is 324 g/mol. The maximum absolute atomic E-state index is 12.5. The van der Waals surface area contributed by atoms with Crippen LogP contribution in [0.3, 0.4) is 0 Å². The van der Waals surface area contributed by atoms with Gasteiger partial charge in [0.05, 0.1) is 6.61 Å². The average Bonchev–Trinajstić information content (AvgIpc) is 2.67. The van der Waals surface area contributed by atoms with Gasteiger partial charge in [0, 0.05) is 24.3 Å². The van der Waals surface area contributed by atoms with Crippen LogP contribution in [0.2, 0.25) is 0 Å². The van der Waals surface area contributed by atoms with Gasteiger partial charge in [-0.25, -0.2) is 0 Å². The van der Waals surface area contributed by atoms with Gasteiger partial charge in [-0.05, 0) is 68.7 Å². The van der Waals surface area contributed by atoms with E-state index in [-0.39, 0.29) is 11.7 Å².